The SMILES string of the molecule is C=C(C)[C@@H]1C[C@H]2CC3(CC[C@]2(C)[C@H]2CC[C@]4(C)[C@@H](O)CC[C@H]4[C@H]12)OCCO3. The highest BCUT2D eigenvalue weighted by atomic mass is 16.7. The molecule has 1 heterocycles. The summed E-state index contributed by atoms with van der Waals surface area (Å²) in [4.78, 5) is 0. The summed E-state index contributed by atoms with van der Waals surface area (Å²) < 4.78 is 12.3. The van der Waals surface area contributed by atoms with Gasteiger partial charge in [-0.3, -0.25) is 0 Å². The Hall–Kier alpha value is -0.380. The van der Waals surface area contributed by atoms with Gasteiger partial charge in [-0.25, -0.2) is 0 Å². The minimum absolute atomic E-state index is 0.102. The van der Waals surface area contributed by atoms with Crippen molar-refractivity contribution in [1.29, 1.82) is 0 Å². The highest BCUT2D eigenvalue weighted by Gasteiger charge is 2.64. The molecule has 8 atom stereocenters. The first kappa shape index (κ1) is 18.6. The number of rotatable bonds is 1. The average Bonchev–Trinajstić information content (AvgIpc) is 3.20. The van der Waals surface area contributed by atoms with Crippen molar-refractivity contribution in [2.45, 2.75) is 84.0 Å². The molecule has 1 aliphatic heterocycles. The lowest BCUT2D eigenvalue weighted by Gasteiger charge is -2.64. The van der Waals surface area contributed by atoms with Crippen LogP contribution in [0.4, 0.5) is 0 Å². The van der Waals surface area contributed by atoms with Crippen LogP contribution in [0.1, 0.15) is 72.1 Å². The number of hydrogen-bond acceptors (Lipinski definition) is 3. The number of hydrogen-bond donors (Lipinski definition) is 1. The van der Waals surface area contributed by atoms with Gasteiger partial charge in [-0.2, -0.15) is 0 Å². The Bertz CT molecular complexity index is 623. The Kier molecular flexibility index (Phi) is 4.18. The van der Waals surface area contributed by atoms with Crippen molar-refractivity contribution in [1.82, 2.24) is 0 Å². The third kappa shape index (κ3) is 2.50. The Labute approximate surface area is 164 Å². The van der Waals surface area contributed by atoms with Gasteiger partial charge in [-0.1, -0.05) is 26.0 Å². The van der Waals surface area contributed by atoms with E-state index in [2.05, 4.69) is 27.4 Å². The van der Waals surface area contributed by atoms with Gasteiger partial charge in [0, 0.05) is 12.8 Å². The number of ether oxygens (including phenoxy) is 2. The summed E-state index contributed by atoms with van der Waals surface area (Å²) in [6.07, 6.45) is 9.18. The molecule has 0 amide bonds. The van der Waals surface area contributed by atoms with E-state index in [0.717, 1.165) is 38.4 Å². The van der Waals surface area contributed by atoms with E-state index in [-0.39, 0.29) is 17.3 Å². The van der Waals surface area contributed by atoms with Crippen LogP contribution in [-0.2, 0) is 9.47 Å². The first-order chi connectivity index (χ1) is 12.8. The maximum atomic E-state index is 10.8. The molecule has 3 nitrogen and oxygen atoms in total. The van der Waals surface area contributed by atoms with Gasteiger partial charge in [0.25, 0.3) is 0 Å². The van der Waals surface area contributed by atoms with Crippen molar-refractivity contribution in [2.75, 3.05) is 13.2 Å². The number of fused-ring (bicyclic) bond motifs is 5. The van der Waals surface area contributed by atoms with Gasteiger partial charge in [0.2, 0.25) is 0 Å². The summed E-state index contributed by atoms with van der Waals surface area (Å²) in [5.41, 5.74) is 1.89. The number of aliphatic hydroxyl groups excluding tert-OH is 1. The molecular formula is C24H38O3. The highest BCUT2D eigenvalue weighted by molar-refractivity contribution is 5.17. The summed E-state index contributed by atoms with van der Waals surface area (Å²) in [6.45, 7) is 13.2. The van der Waals surface area contributed by atoms with Crippen LogP contribution in [0, 0.1) is 40.4 Å². The van der Waals surface area contributed by atoms with Crippen molar-refractivity contribution < 1.29 is 14.6 Å². The molecule has 1 spiro atoms. The molecule has 0 bridgehead atoms. The van der Waals surface area contributed by atoms with E-state index < -0.39 is 0 Å². The van der Waals surface area contributed by atoms with E-state index in [9.17, 15) is 5.11 Å². The molecule has 3 heteroatoms. The molecule has 4 saturated carbocycles. The van der Waals surface area contributed by atoms with Gasteiger partial charge in [0.15, 0.2) is 5.79 Å². The second kappa shape index (κ2) is 6.06. The molecule has 5 rings (SSSR count). The normalized spacial score (nSPS) is 53.6. The first-order valence-electron chi connectivity index (χ1n) is 11.4. The van der Waals surface area contributed by atoms with Crippen molar-refractivity contribution in [3.63, 3.8) is 0 Å². The summed E-state index contributed by atoms with van der Waals surface area (Å²) in [7, 11) is 0. The largest absolute Gasteiger partial charge is 0.393 e. The van der Waals surface area contributed by atoms with Crippen molar-refractivity contribution in [2.24, 2.45) is 40.4 Å². The first-order valence-corrected chi connectivity index (χ1v) is 11.4. The molecule has 0 unspecified atom stereocenters. The second-order valence-corrected chi connectivity index (χ2v) is 11.1. The molecule has 0 aromatic carbocycles. The predicted molar refractivity (Wildman–Crippen MR) is 106 cm³/mol. The van der Waals surface area contributed by atoms with Crippen molar-refractivity contribution in [3.8, 4) is 0 Å². The number of allylic oxidation sites excluding steroid dienone is 1. The molecule has 5 aliphatic rings. The quantitative estimate of drug-likeness (QED) is 0.661. The van der Waals surface area contributed by atoms with Crippen LogP contribution in [0.25, 0.3) is 0 Å². The second-order valence-electron chi connectivity index (χ2n) is 11.1. The van der Waals surface area contributed by atoms with Crippen LogP contribution in [0.5, 0.6) is 0 Å². The third-order valence-electron chi connectivity index (χ3n) is 10.1. The molecule has 4 aliphatic carbocycles. The fraction of sp³-hybridized carbons (Fsp3) is 0.917. The molecule has 1 saturated heterocycles. The van der Waals surface area contributed by atoms with Gasteiger partial charge in [0.05, 0.1) is 19.3 Å². The van der Waals surface area contributed by atoms with Gasteiger partial charge in [-0.15, -0.1) is 0 Å². The highest BCUT2D eigenvalue weighted by Crippen LogP contribution is 2.69. The Morgan fingerprint density at radius 1 is 0.963 bits per heavy atom. The minimum Gasteiger partial charge on any atom is -0.393 e. The Morgan fingerprint density at radius 2 is 1.67 bits per heavy atom. The van der Waals surface area contributed by atoms with Crippen molar-refractivity contribution >= 4 is 0 Å². The fourth-order valence-corrected chi connectivity index (χ4v) is 8.47. The smallest absolute Gasteiger partial charge is 0.168 e. The summed E-state index contributed by atoms with van der Waals surface area (Å²) >= 11 is 0. The Morgan fingerprint density at radius 3 is 2.37 bits per heavy atom. The summed E-state index contributed by atoms with van der Waals surface area (Å²) in [5.74, 6) is 3.12. The van der Waals surface area contributed by atoms with E-state index >= 15 is 0 Å². The topological polar surface area (TPSA) is 38.7 Å². The van der Waals surface area contributed by atoms with Gasteiger partial charge in [-0.05, 0) is 85.9 Å². The fourth-order valence-electron chi connectivity index (χ4n) is 8.47. The maximum Gasteiger partial charge on any atom is 0.168 e. The van der Waals surface area contributed by atoms with E-state index in [1.54, 1.807) is 0 Å². The lowest BCUT2D eigenvalue weighted by Crippen LogP contribution is -2.59. The molecule has 5 fully saturated rings. The van der Waals surface area contributed by atoms with Crippen LogP contribution >= 0.6 is 0 Å². The molecule has 27 heavy (non-hydrogen) atoms. The monoisotopic (exact) mass is 374 g/mol. The zero-order chi connectivity index (χ0) is 19.0. The van der Waals surface area contributed by atoms with Gasteiger partial charge < -0.3 is 14.6 Å². The lowest BCUT2D eigenvalue weighted by molar-refractivity contribution is -0.235. The van der Waals surface area contributed by atoms with Crippen LogP contribution in [0.15, 0.2) is 12.2 Å². The lowest BCUT2D eigenvalue weighted by atomic mass is 9.42. The van der Waals surface area contributed by atoms with E-state index in [0.29, 0.717) is 29.1 Å². The number of aliphatic hydroxyl groups is 1. The predicted octanol–water partition coefficient (Wildman–Crippen LogP) is 4.94. The van der Waals surface area contributed by atoms with Crippen LogP contribution < -0.4 is 0 Å². The van der Waals surface area contributed by atoms with E-state index in [4.69, 9.17) is 9.47 Å². The van der Waals surface area contributed by atoms with Crippen LogP contribution in [0.2, 0.25) is 0 Å². The van der Waals surface area contributed by atoms with E-state index in [1.807, 2.05) is 0 Å². The zero-order valence-corrected chi connectivity index (χ0v) is 17.5. The zero-order valence-electron chi connectivity index (χ0n) is 17.5. The maximum absolute atomic E-state index is 10.8. The average molecular weight is 375 g/mol. The summed E-state index contributed by atoms with van der Waals surface area (Å²) in [5, 5.41) is 10.8. The molecule has 1 N–H and O–H groups in total. The standard InChI is InChI=1S/C24H38O3/c1-15(2)17-13-16-14-24(26-11-12-27-24)10-9-22(16,3)19-7-8-23(4)18(21(17)19)5-6-20(23)25/h16-21,25H,1,5-14H2,2-4H3/t16-,17-,18-,19-,20-,21-,22-,23-/m0/s1. The third-order valence-corrected chi connectivity index (χ3v) is 10.1. The van der Waals surface area contributed by atoms with Crippen LogP contribution in [-0.4, -0.2) is 30.2 Å². The Balaban J connectivity index is 1.50. The minimum atomic E-state index is -0.288. The molecule has 0 aromatic rings. The molecule has 152 valence electrons. The molecular weight excluding hydrogens is 336 g/mol. The van der Waals surface area contributed by atoms with Gasteiger partial charge >= 0.3 is 0 Å². The van der Waals surface area contributed by atoms with Crippen molar-refractivity contribution in [3.05, 3.63) is 12.2 Å². The van der Waals surface area contributed by atoms with E-state index in [1.165, 1.54) is 37.7 Å². The van der Waals surface area contributed by atoms with Crippen LogP contribution in [0.3, 0.4) is 0 Å². The summed E-state index contributed by atoms with van der Waals surface area (Å²) in [6, 6.07) is 0. The molecule has 0 aromatic heterocycles. The van der Waals surface area contributed by atoms with Gasteiger partial charge in [0.1, 0.15) is 0 Å². The molecule has 0 radical (unpaired) electrons.